The van der Waals surface area contributed by atoms with Gasteiger partial charge in [0.05, 0.1) is 17.4 Å². The Morgan fingerprint density at radius 3 is 2.56 bits per heavy atom. The van der Waals surface area contributed by atoms with Crippen LogP contribution < -0.4 is 4.90 Å². The zero-order valence-electron chi connectivity index (χ0n) is 7.92. The van der Waals surface area contributed by atoms with Gasteiger partial charge in [-0.1, -0.05) is 11.6 Å². The number of nitrogens with zero attached hydrogens (tertiary/aromatic N) is 2. The van der Waals surface area contributed by atoms with Gasteiger partial charge in [-0.15, -0.1) is 0 Å². The predicted octanol–water partition coefficient (Wildman–Crippen LogP) is 2.87. The van der Waals surface area contributed by atoms with Crippen LogP contribution in [-0.2, 0) is 6.18 Å². The van der Waals surface area contributed by atoms with Crippen LogP contribution in [0.2, 0.25) is 5.15 Å². The lowest BCUT2D eigenvalue weighted by Gasteiger charge is -2.15. The van der Waals surface area contributed by atoms with Crippen molar-refractivity contribution in [3.63, 3.8) is 0 Å². The number of anilines is 1. The Labute approximate surface area is 93.3 Å². The van der Waals surface area contributed by atoms with E-state index in [1.165, 1.54) is 0 Å². The molecule has 0 unspecified atom stereocenters. The number of alkyl halides is 3. The quantitative estimate of drug-likeness (QED) is 0.784. The molecule has 88 valence electrons. The molecule has 0 aromatic carbocycles. The van der Waals surface area contributed by atoms with Crippen LogP contribution in [0.15, 0.2) is 12.3 Å². The normalized spacial score (nSPS) is 11.3. The van der Waals surface area contributed by atoms with Gasteiger partial charge in [0.15, 0.2) is 0 Å². The maximum Gasteiger partial charge on any atom is 0.419 e. The second-order valence-corrected chi connectivity index (χ2v) is 3.23. The van der Waals surface area contributed by atoms with Crippen molar-refractivity contribution in [1.29, 1.82) is 0 Å². The van der Waals surface area contributed by atoms with Gasteiger partial charge < -0.3 is 5.11 Å². The summed E-state index contributed by atoms with van der Waals surface area (Å²) in [6.45, 7) is 0. The molecule has 0 radical (unpaired) electrons. The zero-order valence-corrected chi connectivity index (χ0v) is 8.67. The molecule has 0 atom stereocenters. The minimum atomic E-state index is -4.67. The molecule has 8 heteroatoms. The van der Waals surface area contributed by atoms with Gasteiger partial charge in [-0.25, -0.2) is 9.78 Å². The van der Waals surface area contributed by atoms with E-state index in [4.69, 9.17) is 16.7 Å². The van der Waals surface area contributed by atoms with Crippen LogP contribution in [0.1, 0.15) is 5.56 Å². The fourth-order valence-corrected chi connectivity index (χ4v) is 1.14. The van der Waals surface area contributed by atoms with Crippen LogP contribution in [-0.4, -0.2) is 23.2 Å². The molecular weight excluding hydrogens is 249 g/mol. The van der Waals surface area contributed by atoms with E-state index in [1.807, 2.05) is 0 Å². The van der Waals surface area contributed by atoms with E-state index in [2.05, 4.69) is 4.98 Å². The number of carbonyl (C=O) groups is 1. The number of hydrogen-bond donors (Lipinski definition) is 1. The highest BCUT2D eigenvalue weighted by molar-refractivity contribution is 6.30. The summed E-state index contributed by atoms with van der Waals surface area (Å²) < 4.78 is 37.2. The van der Waals surface area contributed by atoms with Crippen molar-refractivity contribution >= 4 is 23.4 Å². The molecule has 1 amide bonds. The van der Waals surface area contributed by atoms with Crippen molar-refractivity contribution in [2.24, 2.45) is 0 Å². The van der Waals surface area contributed by atoms with Crippen molar-refractivity contribution in [3.05, 3.63) is 23.0 Å². The molecular formula is C8H6ClF3N2O2. The lowest BCUT2D eigenvalue weighted by Crippen LogP contribution is -2.24. The van der Waals surface area contributed by atoms with Gasteiger partial charge in [0, 0.05) is 7.05 Å². The maximum atomic E-state index is 12.4. The van der Waals surface area contributed by atoms with Crippen LogP contribution in [0.3, 0.4) is 0 Å². The summed E-state index contributed by atoms with van der Waals surface area (Å²) in [5, 5.41) is 7.87. The van der Waals surface area contributed by atoms with Crippen LogP contribution in [0.4, 0.5) is 23.7 Å². The number of carboxylic acid groups (broad SMARTS) is 1. The molecule has 16 heavy (non-hydrogen) atoms. The molecule has 0 spiro atoms. The second-order valence-electron chi connectivity index (χ2n) is 2.87. The van der Waals surface area contributed by atoms with Gasteiger partial charge in [0.1, 0.15) is 5.15 Å². The average molecular weight is 255 g/mol. The first-order valence-corrected chi connectivity index (χ1v) is 4.30. The molecule has 0 aliphatic rings. The predicted molar refractivity (Wildman–Crippen MR) is 50.7 cm³/mol. The molecule has 1 rings (SSSR count). The number of amides is 1. The Morgan fingerprint density at radius 2 is 2.12 bits per heavy atom. The summed E-state index contributed by atoms with van der Waals surface area (Å²) >= 11 is 5.27. The van der Waals surface area contributed by atoms with Gasteiger partial charge >= 0.3 is 12.3 Å². The third-order valence-electron chi connectivity index (χ3n) is 1.80. The van der Waals surface area contributed by atoms with E-state index in [9.17, 15) is 18.0 Å². The molecule has 0 saturated heterocycles. The fourth-order valence-electron chi connectivity index (χ4n) is 0.930. The zero-order chi connectivity index (χ0) is 12.5. The van der Waals surface area contributed by atoms with E-state index in [1.54, 1.807) is 0 Å². The minimum absolute atomic E-state index is 0.204. The summed E-state index contributed by atoms with van der Waals surface area (Å²) in [6, 6.07) is 0.628. The van der Waals surface area contributed by atoms with Gasteiger partial charge in [-0.05, 0) is 6.07 Å². The highest BCUT2D eigenvalue weighted by atomic mass is 35.5. The topological polar surface area (TPSA) is 53.4 Å². The molecule has 1 heterocycles. The highest BCUT2D eigenvalue weighted by Gasteiger charge is 2.34. The van der Waals surface area contributed by atoms with E-state index < -0.39 is 23.0 Å². The van der Waals surface area contributed by atoms with Gasteiger partial charge in [0.2, 0.25) is 0 Å². The summed E-state index contributed by atoms with van der Waals surface area (Å²) in [5.41, 5.74) is -1.37. The Morgan fingerprint density at radius 1 is 1.56 bits per heavy atom. The maximum absolute atomic E-state index is 12.4. The largest absolute Gasteiger partial charge is 0.465 e. The molecule has 0 aliphatic heterocycles. The fraction of sp³-hybridized carbons (Fsp3) is 0.250. The number of halogens is 4. The molecule has 1 aromatic rings. The lowest BCUT2D eigenvalue weighted by molar-refractivity contribution is -0.137. The van der Waals surface area contributed by atoms with E-state index >= 15 is 0 Å². The molecule has 1 aromatic heterocycles. The molecule has 1 N–H and O–H groups in total. The van der Waals surface area contributed by atoms with Crippen molar-refractivity contribution in [2.75, 3.05) is 11.9 Å². The van der Waals surface area contributed by atoms with Gasteiger partial charge in [-0.3, -0.25) is 4.90 Å². The van der Waals surface area contributed by atoms with Crippen LogP contribution in [0.5, 0.6) is 0 Å². The first-order valence-electron chi connectivity index (χ1n) is 3.93. The molecule has 0 saturated carbocycles. The minimum Gasteiger partial charge on any atom is -0.465 e. The third kappa shape index (κ3) is 2.54. The van der Waals surface area contributed by atoms with E-state index in [0.29, 0.717) is 11.0 Å². The number of pyridine rings is 1. The van der Waals surface area contributed by atoms with Crippen molar-refractivity contribution in [2.45, 2.75) is 6.18 Å². The molecule has 0 bridgehead atoms. The molecule has 4 nitrogen and oxygen atoms in total. The van der Waals surface area contributed by atoms with Crippen molar-refractivity contribution in [3.8, 4) is 0 Å². The first kappa shape index (κ1) is 12.6. The van der Waals surface area contributed by atoms with Crippen molar-refractivity contribution < 1.29 is 23.1 Å². The lowest BCUT2D eigenvalue weighted by atomic mass is 10.2. The number of hydrogen-bond acceptors (Lipinski definition) is 2. The summed E-state index contributed by atoms with van der Waals surface area (Å²) in [7, 11) is 1.10. The molecule has 0 aliphatic carbocycles. The first-order chi connectivity index (χ1) is 7.23. The molecule has 0 fully saturated rings. The van der Waals surface area contributed by atoms with Crippen LogP contribution >= 0.6 is 11.6 Å². The standard InChI is InChI=1S/C8H6ClF3N2O2/c1-14(7(15)16)4-2-5(8(10,11)12)6(9)13-3-4/h2-3H,1H3,(H,15,16). The number of rotatable bonds is 1. The second kappa shape index (κ2) is 4.17. The number of aromatic nitrogens is 1. The van der Waals surface area contributed by atoms with Crippen LogP contribution in [0, 0.1) is 0 Å². The average Bonchev–Trinajstić information content (AvgIpc) is 2.15. The summed E-state index contributed by atoms with van der Waals surface area (Å²) in [5.74, 6) is 0. The van der Waals surface area contributed by atoms with Crippen LogP contribution in [0.25, 0.3) is 0 Å². The Hall–Kier alpha value is -1.50. The highest BCUT2D eigenvalue weighted by Crippen LogP contribution is 2.35. The smallest absolute Gasteiger partial charge is 0.419 e. The SMILES string of the molecule is CN(C(=O)O)c1cnc(Cl)c(C(F)(F)F)c1. The van der Waals surface area contributed by atoms with E-state index in [-0.39, 0.29) is 5.69 Å². The Bertz CT molecular complexity index is 422. The summed E-state index contributed by atoms with van der Waals surface area (Å²) in [4.78, 5) is 14.4. The van der Waals surface area contributed by atoms with Gasteiger partial charge in [-0.2, -0.15) is 13.2 Å². The van der Waals surface area contributed by atoms with Crippen molar-refractivity contribution in [1.82, 2.24) is 4.98 Å². The third-order valence-corrected chi connectivity index (χ3v) is 2.11. The van der Waals surface area contributed by atoms with Gasteiger partial charge in [0.25, 0.3) is 0 Å². The summed E-state index contributed by atoms with van der Waals surface area (Å²) in [6.07, 6.45) is -5.11. The van der Waals surface area contributed by atoms with E-state index in [0.717, 1.165) is 13.2 Å². The Balaban J connectivity index is 3.23. The Kier molecular flexibility index (Phi) is 3.27. The monoisotopic (exact) mass is 254 g/mol.